The Bertz CT molecular complexity index is 459. The van der Waals surface area contributed by atoms with E-state index in [0.717, 1.165) is 40.8 Å². The van der Waals surface area contributed by atoms with Gasteiger partial charge in [-0.05, 0) is 44.4 Å². The van der Waals surface area contributed by atoms with Gasteiger partial charge in [0, 0.05) is 12.5 Å². The van der Waals surface area contributed by atoms with Gasteiger partial charge in [0.25, 0.3) is 5.91 Å². The lowest BCUT2D eigenvalue weighted by atomic mass is 9.87. The summed E-state index contributed by atoms with van der Waals surface area (Å²) in [5.74, 6) is 1.47. The van der Waals surface area contributed by atoms with Gasteiger partial charge >= 0.3 is 0 Å². The molecule has 0 unspecified atom stereocenters. The molecule has 0 aromatic carbocycles. The zero-order valence-electron chi connectivity index (χ0n) is 13.0. The van der Waals surface area contributed by atoms with E-state index in [0.29, 0.717) is 12.0 Å². The molecule has 1 aliphatic rings. The van der Waals surface area contributed by atoms with E-state index in [1.165, 1.54) is 12.8 Å². The minimum Gasteiger partial charge on any atom is -0.349 e. The molecule has 3 nitrogen and oxygen atoms in total. The van der Waals surface area contributed by atoms with Gasteiger partial charge in [-0.25, -0.2) is 4.98 Å². The van der Waals surface area contributed by atoms with Gasteiger partial charge in [-0.3, -0.25) is 4.79 Å². The highest BCUT2D eigenvalue weighted by atomic mass is 32.1. The van der Waals surface area contributed by atoms with Crippen molar-refractivity contribution in [1.29, 1.82) is 0 Å². The Kier molecular flexibility index (Phi) is 5.19. The molecule has 1 aromatic heterocycles. The van der Waals surface area contributed by atoms with Gasteiger partial charge in [0.05, 0.1) is 10.7 Å². The summed E-state index contributed by atoms with van der Waals surface area (Å²) in [5.41, 5.74) is 0.882. The van der Waals surface area contributed by atoms with Crippen molar-refractivity contribution in [2.45, 2.75) is 65.8 Å². The van der Waals surface area contributed by atoms with Crippen molar-refractivity contribution in [3.8, 4) is 0 Å². The molecule has 0 bridgehead atoms. The van der Waals surface area contributed by atoms with Gasteiger partial charge < -0.3 is 5.32 Å². The average molecular weight is 294 g/mol. The van der Waals surface area contributed by atoms with Crippen LogP contribution in [0.5, 0.6) is 0 Å². The SMILES string of the molecule is Cc1nc(CC(C)C)sc1C(=O)NC1CCC(C)CC1. The van der Waals surface area contributed by atoms with E-state index in [4.69, 9.17) is 0 Å². The minimum atomic E-state index is 0.0783. The zero-order valence-corrected chi connectivity index (χ0v) is 13.8. The van der Waals surface area contributed by atoms with Crippen molar-refractivity contribution in [2.24, 2.45) is 11.8 Å². The highest BCUT2D eigenvalue weighted by molar-refractivity contribution is 7.13. The van der Waals surface area contributed by atoms with E-state index in [1.54, 1.807) is 11.3 Å². The van der Waals surface area contributed by atoms with Crippen LogP contribution in [0.15, 0.2) is 0 Å². The molecule has 4 heteroatoms. The van der Waals surface area contributed by atoms with Crippen LogP contribution in [0, 0.1) is 18.8 Å². The van der Waals surface area contributed by atoms with E-state index in [2.05, 4.69) is 31.1 Å². The second-order valence-corrected chi connectivity index (χ2v) is 7.63. The molecule has 1 aliphatic carbocycles. The van der Waals surface area contributed by atoms with Crippen LogP contribution in [0.4, 0.5) is 0 Å². The number of hydrogen-bond donors (Lipinski definition) is 1. The van der Waals surface area contributed by atoms with Crippen molar-refractivity contribution in [3.63, 3.8) is 0 Å². The van der Waals surface area contributed by atoms with Crippen molar-refractivity contribution >= 4 is 17.2 Å². The van der Waals surface area contributed by atoms with Gasteiger partial charge in [0.1, 0.15) is 4.88 Å². The molecule has 1 heterocycles. The van der Waals surface area contributed by atoms with Gasteiger partial charge in [0.2, 0.25) is 0 Å². The highest BCUT2D eigenvalue weighted by Crippen LogP contribution is 2.25. The van der Waals surface area contributed by atoms with Crippen LogP contribution in [0.1, 0.15) is 66.8 Å². The predicted octanol–water partition coefficient (Wildman–Crippen LogP) is 3.96. The maximum absolute atomic E-state index is 12.4. The number of amides is 1. The van der Waals surface area contributed by atoms with Gasteiger partial charge in [-0.1, -0.05) is 20.8 Å². The number of carbonyl (C=O) groups is 1. The summed E-state index contributed by atoms with van der Waals surface area (Å²) >= 11 is 1.56. The Morgan fingerprint density at radius 3 is 2.60 bits per heavy atom. The first-order valence-electron chi connectivity index (χ1n) is 7.73. The molecule has 1 fully saturated rings. The van der Waals surface area contributed by atoms with Crippen molar-refractivity contribution < 1.29 is 4.79 Å². The molecular weight excluding hydrogens is 268 g/mol. The molecule has 1 aromatic rings. The predicted molar refractivity (Wildman–Crippen MR) is 84.3 cm³/mol. The number of carbonyl (C=O) groups excluding carboxylic acids is 1. The third-order valence-corrected chi connectivity index (χ3v) is 5.16. The maximum Gasteiger partial charge on any atom is 0.263 e. The summed E-state index contributed by atoms with van der Waals surface area (Å²) in [6, 6.07) is 0.355. The Morgan fingerprint density at radius 1 is 1.35 bits per heavy atom. The number of rotatable bonds is 4. The summed E-state index contributed by atoms with van der Waals surface area (Å²) in [7, 11) is 0. The molecular formula is C16H26N2OS. The van der Waals surface area contributed by atoms with E-state index in [-0.39, 0.29) is 5.91 Å². The lowest BCUT2D eigenvalue weighted by molar-refractivity contribution is 0.0926. The van der Waals surface area contributed by atoms with Crippen molar-refractivity contribution in [1.82, 2.24) is 10.3 Å². The largest absolute Gasteiger partial charge is 0.349 e. The number of nitrogens with one attached hydrogen (secondary N) is 1. The summed E-state index contributed by atoms with van der Waals surface area (Å²) in [4.78, 5) is 17.7. The molecule has 0 aliphatic heterocycles. The minimum absolute atomic E-state index is 0.0783. The molecule has 0 saturated heterocycles. The standard InChI is InChI=1S/C16H26N2OS/c1-10(2)9-14-17-12(4)15(20-14)16(19)18-13-7-5-11(3)6-8-13/h10-11,13H,5-9H2,1-4H3,(H,18,19). The van der Waals surface area contributed by atoms with E-state index >= 15 is 0 Å². The van der Waals surface area contributed by atoms with E-state index in [1.807, 2.05) is 6.92 Å². The second-order valence-electron chi connectivity index (χ2n) is 6.55. The second kappa shape index (κ2) is 6.70. The van der Waals surface area contributed by atoms with Crippen molar-refractivity contribution in [3.05, 3.63) is 15.6 Å². The van der Waals surface area contributed by atoms with E-state index < -0.39 is 0 Å². The summed E-state index contributed by atoms with van der Waals surface area (Å²) < 4.78 is 0. The molecule has 2 rings (SSSR count). The summed E-state index contributed by atoms with van der Waals surface area (Å²) in [6.45, 7) is 8.60. The molecule has 1 amide bonds. The molecule has 0 spiro atoms. The van der Waals surface area contributed by atoms with Gasteiger partial charge in [0.15, 0.2) is 0 Å². The number of aromatic nitrogens is 1. The van der Waals surface area contributed by atoms with Crippen LogP contribution >= 0.6 is 11.3 Å². The molecule has 0 atom stereocenters. The maximum atomic E-state index is 12.4. The van der Waals surface area contributed by atoms with Gasteiger partial charge in [-0.15, -0.1) is 11.3 Å². The normalized spacial score (nSPS) is 23.1. The highest BCUT2D eigenvalue weighted by Gasteiger charge is 2.22. The van der Waals surface area contributed by atoms with Crippen LogP contribution < -0.4 is 5.32 Å². The Morgan fingerprint density at radius 2 is 2.00 bits per heavy atom. The monoisotopic (exact) mass is 294 g/mol. The lowest BCUT2D eigenvalue weighted by Gasteiger charge is -2.26. The smallest absolute Gasteiger partial charge is 0.263 e. The lowest BCUT2D eigenvalue weighted by Crippen LogP contribution is -2.37. The Hall–Kier alpha value is -0.900. The molecule has 20 heavy (non-hydrogen) atoms. The number of aryl methyl sites for hydroxylation is 1. The fourth-order valence-corrected chi connectivity index (χ4v) is 3.93. The Balaban J connectivity index is 1.96. The number of nitrogens with zero attached hydrogens (tertiary/aromatic N) is 1. The molecule has 1 saturated carbocycles. The van der Waals surface area contributed by atoms with Gasteiger partial charge in [-0.2, -0.15) is 0 Å². The van der Waals surface area contributed by atoms with Crippen LogP contribution in [0.3, 0.4) is 0 Å². The molecule has 1 N–H and O–H groups in total. The van der Waals surface area contributed by atoms with Crippen LogP contribution in [-0.2, 0) is 6.42 Å². The zero-order chi connectivity index (χ0) is 14.7. The third-order valence-electron chi connectivity index (χ3n) is 3.98. The third kappa shape index (κ3) is 4.05. The quantitative estimate of drug-likeness (QED) is 0.913. The summed E-state index contributed by atoms with van der Waals surface area (Å²) in [6.07, 6.45) is 5.64. The van der Waals surface area contributed by atoms with Crippen LogP contribution in [-0.4, -0.2) is 16.9 Å². The fourth-order valence-electron chi connectivity index (χ4n) is 2.75. The first-order chi connectivity index (χ1) is 9.45. The van der Waals surface area contributed by atoms with Crippen molar-refractivity contribution in [2.75, 3.05) is 0 Å². The molecule has 112 valence electrons. The fraction of sp³-hybridized carbons (Fsp3) is 0.750. The first-order valence-corrected chi connectivity index (χ1v) is 8.54. The topological polar surface area (TPSA) is 42.0 Å². The van der Waals surface area contributed by atoms with E-state index in [9.17, 15) is 4.79 Å². The Labute approximate surface area is 126 Å². The summed E-state index contributed by atoms with van der Waals surface area (Å²) in [5, 5.41) is 4.28. The number of hydrogen-bond acceptors (Lipinski definition) is 3. The van der Waals surface area contributed by atoms with Crippen LogP contribution in [0.25, 0.3) is 0 Å². The van der Waals surface area contributed by atoms with Crippen LogP contribution in [0.2, 0.25) is 0 Å². The first kappa shape index (κ1) is 15.5. The average Bonchev–Trinajstić information content (AvgIpc) is 2.72. The number of thiazole rings is 1. The molecule has 0 radical (unpaired) electrons.